The Labute approximate surface area is 170 Å². The first-order chi connectivity index (χ1) is 12.9. The summed E-state index contributed by atoms with van der Waals surface area (Å²) in [6, 6.07) is 0. The monoisotopic (exact) mass is 394 g/mol. The Bertz CT molecular complexity index is 566. The van der Waals surface area contributed by atoms with Crippen molar-refractivity contribution in [3.63, 3.8) is 0 Å². The highest BCUT2D eigenvalue weighted by Crippen LogP contribution is 2.79. The minimum absolute atomic E-state index is 0.271. The predicted molar refractivity (Wildman–Crippen MR) is 115 cm³/mol. The molecule has 0 amide bonds. The van der Waals surface area contributed by atoms with Gasteiger partial charge in [-0.25, -0.2) is 0 Å². The molecule has 0 aromatic rings. The Morgan fingerprint density at radius 1 is 1.30 bits per heavy atom. The van der Waals surface area contributed by atoms with Crippen LogP contribution in [0.1, 0.15) is 79.1 Å². The van der Waals surface area contributed by atoms with Gasteiger partial charge in [0.05, 0.1) is 0 Å². The fourth-order valence-corrected chi connectivity index (χ4v) is 6.18. The van der Waals surface area contributed by atoms with Crippen molar-refractivity contribution in [3.05, 3.63) is 22.6 Å². The molecular formula is C23H38O3S. The van der Waals surface area contributed by atoms with Gasteiger partial charge in [-0.2, -0.15) is 0 Å². The lowest BCUT2D eigenvalue weighted by atomic mass is 9.75. The molecule has 0 aliphatic heterocycles. The molecular weight excluding hydrogens is 356 g/mol. The van der Waals surface area contributed by atoms with Crippen LogP contribution in [-0.2, 0) is 9.53 Å². The molecule has 0 spiro atoms. The Morgan fingerprint density at radius 2 is 2.07 bits per heavy atom. The summed E-state index contributed by atoms with van der Waals surface area (Å²) < 4.78 is 5.88. The van der Waals surface area contributed by atoms with E-state index in [0.717, 1.165) is 44.6 Å². The highest BCUT2D eigenvalue weighted by Gasteiger charge is 2.72. The average Bonchev–Trinajstić information content (AvgIpc) is 3.21. The summed E-state index contributed by atoms with van der Waals surface area (Å²) in [5.41, 5.74) is 3.90. The van der Waals surface area contributed by atoms with Crippen molar-refractivity contribution >= 4 is 17.7 Å². The first-order valence-electron chi connectivity index (χ1n) is 10.7. The molecule has 2 rings (SSSR count). The number of carboxylic acid groups (broad SMARTS) is 1. The molecule has 1 fully saturated rings. The summed E-state index contributed by atoms with van der Waals surface area (Å²) in [5.74, 6) is 0.841. The standard InChI is InChI=1S/C23H38O3S/c1-5-11-22(12-14-26-13-6-2)20-10-9-19(16-23(20,22)18(3)4)17-27-15-7-8-21(24)25/h10,17-18H,5-9,11-16H2,1-4H3,(H,24,25)/b19-17-/t22?,23-/m1/s1. The van der Waals surface area contributed by atoms with Gasteiger partial charge in [-0.15, -0.1) is 11.8 Å². The predicted octanol–water partition coefficient (Wildman–Crippen LogP) is 6.45. The Hall–Kier alpha value is -0.740. The average molecular weight is 395 g/mol. The molecule has 0 radical (unpaired) electrons. The zero-order valence-electron chi connectivity index (χ0n) is 17.7. The van der Waals surface area contributed by atoms with Gasteiger partial charge in [0.15, 0.2) is 0 Å². The number of thioether (sulfide) groups is 1. The number of rotatable bonds is 13. The largest absolute Gasteiger partial charge is 0.481 e. The second kappa shape index (κ2) is 10.2. The maximum atomic E-state index is 10.6. The topological polar surface area (TPSA) is 46.5 Å². The van der Waals surface area contributed by atoms with E-state index in [1.54, 1.807) is 17.3 Å². The number of carboxylic acids is 1. The molecule has 2 atom stereocenters. The maximum absolute atomic E-state index is 10.6. The van der Waals surface area contributed by atoms with Crippen LogP contribution in [0.2, 0.25) is 0 Å². The molecule has 2 aliphatic carbocycles. The highest BCUT2D eigenvalue weighted by molar-refractivity contribution is 8.02. The zero-order valence-corrected chi connectivity index (χ0v) is 18.5. The highest BCUT2D eigenvalue weighted by atomic mass is 32.2. The van der Waals surface area contributed by atoms with E-state index >= 15 is 0 Å². The van der Waals surface area contributed by atoms with Crippen LogP contribution >= 0.6 is 11.8 Å². The van der Waals surface area contributed by atoms with Crippen LogP contribution in [0, 0.1) is 16.7 Å². The van der Waals surface area contributed by atoms with E-state index in [9.17, 15) is 4.79 Å². The van der Waals surface area contributed by atoms with Crippen LogP contribution in [0.25, 0.3) is 0 Å². The summed E-state index contributed by atoms with van der Waals surface area (Å²) >= 11 is 1.79. The number of carbonyl (C=O) groups is 1. The third kappa shape index (κ3) is 4.82. The molecule has 0 heterocycles. The molecule has 154 valence electrons. The minimum Gasteiger partial charge on any atom is -0.481 e. The number of fused-ring (bicyclic) bond motifs is 1. The summed E-state index contributed by atoms with van der Waals surface area (Å²) in [4.78, 5) is 10.6. The van der Waals surface area contributed by atoms with Crippen molar-refractivity contribution < 1.29 is 14.6 Å². The maximum Gasteiger partial charge on any atom is 0.303 e. The quantitative estimate of drug-likeness (QED) is 0.288. The Morgan fingerprint density at radius 3 is 2.70 bits per heavy atom. The van der Waals surface area contributed by atoms with Crippen LogP contribution in [0.4, 0.5) is 0 Å². The molecule has 27 heavy (non-hydrogen) atoms. The molecule has 0 bridgehead atoms. The van der Waals surface area contributed by atoms with E-state index in [4.69, 9.17) is 9.84 Å². The number of ether oxygens (including phenoxy) is 1. The Kier molecular flexibility index (Phi) is 8.48. The number of hydrogen-bond donors (Lipinski definition) is 1. The van der Waals surface area contributed by atoms with Gasteiger partial charge in [0.1, 0.15) is 0 Å². The van der Waals surface area contributed by atoms with E-state index < -0.39 is 5.97 Å². The second-order valence-electron chi connectivity index (χ2n) is 8.46. The van der Waals surface area contributed by atoms with Gasteiger partial charge in [-0.05, 0) is 55.6 Å². The third-order valence-electron chi connectivity index (χ3n) is 6.45. The first-order valence-corrected chi connectivity index (χ1v) is 11.8. The summed E-state index contributed by atoms with van der Waals surface area (Å²) in [7, 11) is 0. The molecule has 3 nitrogen and oxygen atoms in total. The van der Waals surface area contributed by atoms with Crippen molar-refractivity contribution in [2.45, 2.75) is 79.1 Å². The van der Waals surface area contributed by atoms with E-state index in [-0.39, 0.29) is 6.42 Å². The van der Waals surface area contributed by atoms with Crippen LogP contribution in [0.15, 0.2) is 22.6 Å². The number of aliphatic carboxylic acids is 1. The third-order valence-corrected chi connectivity index (χ3v) is 7.47. The van der Waals surface area contributed by atoms with Gasteiger partial charge < -0.3 is 9.84 Å². The van der Waals surface area contributed by atoms with Gasteiger partial charge in [-0.3, -0.25) is 4.79 Å². The zero-order chi connectivity index (χ0) is 19.9. The molecule has 1 unspecified atom stereocenters. The number of hydrogen-bond acceptors (Lipinski definition) is 3. The van der Waals surface area contributed by atoms with Crippen LogP contribution < -0.4 is 0 Å². The van der Waals surface area contributed by atoms with E-state index in [1.165, 1.54) is 24.8 Å². The van der Waals surface area contributed by atoms with Crippen molar-refractivity contribution in [2.75, 3.05) is 19.0 Å². The normalized spacial score (nSPS) is 28.3. The lowest BCUT2D eigenvalue weighted by molar-refractivity contribution is -0.137. The fraction of sp³-hybridized carbons (Fsp3) is 0.783. The molecule has 0 aromatic heterocycles. The first kappa shape index (κ1) is 22.5. The minimum atomic E-state index is -0.695. The summed E-state index contributed by atoms with van der Waals surface area (Å²) in [6.07, 6.45) is 10.5. The number of allylic oxidation sites excluding steroid dienone is 3. The van der Waals surface area contributed by atoms with Crippen LogP contribution in [-0.4, -0.2) is 30.0 Å². The Balaban J connectivity index is 2.05. The van der Waals surface area contributed by atoms with Crippen molar-refractivity contribution in [3.8, 4) is 0 Å². The van der Waals surface area contributed by atoms with Gasteiger partial charge in [0.2, 0.25) is 0 Å². The molecule has 2 aliphatic rings. The molecule has 0 saturated heterocycles. The fourth-order valence-electron chi connectivity index (χ4n) is 5.33. The van der Waals surface area contributed by atoms with Crippen LogP contribution in [0.3, 0.4) is 0 Å². The smallest absolute Gasteiger partial charge is 0.303 e. The van der Waals surface area contributed by atoms with Gasteiger partial charge in [0.25, 0.3) is 0 Å². The summed E-state index contributed by atoms with van der Waals surface area (Å²) in [6.45, 7) is 11.0. The van der Waals surface area contributed by atoms with Crippen molar-refractivity contribution in [1.82, 2.24) is 0 Å². The molecule has 1 N–H and O–H groups in total. The molecule has 0 aromatic carbocycles. The van der Waals surface area contributed by atoms with E-state index in [0.29, 0.717) is 16.7 Å². The lowest BCUT2D eigenvalue weighted by Crippen LogP contribution is -2.23. The van der Waals surface area contributed by atoms with Gasteiger partial charge in [-0.1, -0.05) is 51.3 Å². The van der Waals surface area contributed by atoms with Crippen LogP contribution in [0.5, 0.6) is 0 Å². The molecule has 4 heteroatoms. The SMILES string of the molecule is CCCOCCC1(CCC)C2=CC/C(=C/SCCCC(=O)O)C[C@@]21C(C)C. The lowest BCUT2D eigenvalue weighted by Gasteiger charge is -2.30. The van der Waals surface area contributed by atoms with Crippen molar-refractivity contribution in [2.24, 2.45) is 16.7 Å². The summed E-state index contributed by atoms with van der Waals surface area (Å²) in [5, 5.41) is 11.1. The van der Waals surface area contributed by atoms with E-state index in [2.05, 4.69) is 39.2 Å². The van der Waals surface area contributed by atoms with Gasteiger partial charge in [0, 0.05) is 30.5 Å². The van der Waals surface area contributed by atoms with Gasteiger partial charge >= 0.3 is 5.97 Å². The van der Waals surface area contributed by atoms with E-state index in [1.807, 2.05) is 0 Å². The van der Waals surface area contributed by atoms with Crippen molar-refractivity contribution in [1.29, 1.82) is 0 Å². The second-order valence-corrected chi connectivity index (χ2v) is 9.44. The molecule has 1 saturated carbocycles.